The van der Waals surface area contributed by atoms with Gasteiger partial charge in [0.1, 0.15) is 5.75 Å². The highest BCUT2D eigenvalue weighted by molar-refractivity contribution is 6.30. The van der Waals surface area contributed by atoms with E-state index < -0.39 is 6.86 Å². The van der Waals surface area contributed by atoms with Gasteiger partial charge in [0.25, 0.3) is 0 Å². The Morgan fingerprint density at radius 2 is 2.08 bits per heavy atom. The molecule has 0 aromatic heterocycles. The summed E-state index contributed by atoms with van der Waals surface area (Å²) in [4.78, 5) is 0. The Hall–Kier alpha value is -0.760. The number of halogens is 2. The van der Waals surface area contributed by atoms with Gasteiger partial charge >= 0.3 is 0 Å². The molecule has 0 spiro atoms. The number of hydrogen-bond acceptors (Lipinski definition) is 1. The maximum absolute atomic E-state index is 11.9. The first-order valence-electron chi connectivity index (χ1n) is 4.12. The summed E-state index contributed by atoms with van der Waals surface area (Å²) >= 11 is 5.83. The van der Waals surface area contributed by atoms with E-state index in [0.717, 1.165) is 5.56 Å². The lowest BCUT2D eigenvalue weighted by molar-refractivity contribution is 0.191. The van der Waals surface area contributed by atoms with Crippen LogP contribution in [0.3, 0.4) is 0 Å². The zero-order chi connectivity index (χ0) is 9.84. The quantitative estimate of drug-likeness (QED) is 0.725. The SMILES string of the molecule is CC(C)c1cc(Cl)cc(OCF)c1. The third-order valence-electron chi connectivity index (χ3n) is 1.78. The first-order chi connectivity index (χ1) is 6.13. The third kappa shape index (κ3) is 2.88. The molecule has 0 radical (unpaired) electrons. The van der Waals surface area contributed by atoms with Crippen LogP contribution in [-0.2, 0) is 0 Å². The number of alkyl halides is 1. The van der Waals surface area contributed by atoms with Gasteiger partial charge in [0.15, 0.2) is 0 Å². The average molecular weight is 203 g/mol. The molecule has 0 aliphatic heterocycles. The molecule has 1 rings (SSSR count). The van der Waals surface area contributed by atoms with E-state index >= 15 is 0 Å². The van der Waals surface area contributed by atoms with E-state index in [1.165, 1.54) is 0 Å². The minimum Gasteiger partial charge on any atom is -0.463 e. The van der Waals surface area contributed by atoms with Crippen LogP contribution in [-0.4, -0.2) is 6.86 Å². The van der Waals surface area contributed by atoms with E-state index in [0.29, 0.717) is 16.7 Å². The summed E-state index contributed by atoms with van der Waals surface area (Å²) in [6, 6.07) is 5.26. The molecule has 3 heteroatoms. The lowest BCUT2D eigenvalue weighted by atomic mass is 10.0. The van der Waals surface area contributed by atoms with E-state index in [2.05, 4.69) is 0 Å². The van der Waals surface area contributed by atoms with Crippen LogP contribution in [0.5, 0.6) is 5.75 Å². The molecular formula is C10H12ClFO. The number of benzene rings is 1. The van der Waals surface area contributed by atoms with Crippen molar-refractivity contribution in [1.82, 2.24) is 0 Å². The van der Waals surface area contributed by atoms with Crippen molar-refractivity contribution in [2.45, 2.75) is 19.8 Å². The summed E-state index contributed by atoms with van der Waals surface area (Å²) in [6.07, 6.45) is 0. The van der Waals surface area contributed by atoms with Gasteiger partial charge in [0.2, 0.25) is 6.86 Å². The molecule has 0 saturated carbocycles. The van der Waals surface area contributed by atoms with Crippen LogP contribution in [0, 0.1) is 0 Å². The minimum absolute atomic E-state index is 0.362. The second-order valence-corrected chi connectivity index (χ2v) is 3.56. The van der Waals surface area contributed by atoms with E-state index in [4.69, 9.17) is 16.3 Å². The van der Waals surface area contributed by atoms with Crippen LogP contribution in [0.1, 0.15) is 25.3 Å². The average Bonchev–Trinajstić information content (AvgIpc) is 2.03. The molecule has 0 unspecified atom stereocenters. The summed E-state index contributed by atoms with van der Waals surface area (Å²) < 4.78 is 16.6. The number of hydrogen-bond donors (Lipinski definition) is 0. The third-order valence-corrected chi connectivity index (χ3v) is 2.00. The summed E-state index contributed by atoms with van der Waals surface area (Å²) in [7, 11) is 0. The van der Waals surface area contributed by atoms with Gasteiger partial charge in [0, 0.05) is 5.02 Å². The molecule has 0 saturated heterocycles. The van der Waals surface area contributed by atoms with Crippen LogP contribution in [0.2, 0.25) is 5.02 Å². The summed E-state index contributed by atoms with van der Waals surface area (Å²) in [5.74, 6) is 0.847. The van der Waals surface area contributed by atoms with E-state index in [1.807, 2.05) is 19.9 Å². The molecule has 1 aromatic carbocycles. The standard InChI is InChI=1S/C10H12ClFO/c1-7(2)8-3-9(11)5-10(4-8)13-6-12/h3-5,7H,6H2,1-2H3. The predicted octanol–water partition coefficient (Wildman–Crippen LogP) is 3.77. The first kappa shape index (κ1) is 10.3. The van der Waals surface area contributed by atoms with Gasteiger partial charge in [-0.05, 0) is 29.7 Å². The van der Waals surface area contributed by atoms with Crippen molar-refractivity contribution in [3.8, 4) is 5.75 Å². The molecule has 0 bridgehead atoms. The van der Waals surface area contributed by atoms with Gasteiger partial charge < -0.3 is 4.74 Å². The van der Waals surface area contributed by atoms with Crippen molar-refractivity contribution in [2.75, 3.05) is 6.86 Å². The molecule has 1 aromatic rings. The number of rotatable bonds is 3. The second kappa shape index (κ2) is 4.47. The van der Waals surface area contributed by atoms with Gasteiger partial charge in [0.05, 0.1) is 0 Å². The van der Waals surface area contributed by atoms with Crippen molar-refractivity contribution < 1.29 is 9.13 Å². The zero-order valence-corrected chi connectivity index (χ0v) is 8.44. The summed E-state index contributed by atoms with van der Waals surface area (Å²) in [5.41, 5.74) is 1.05. The molecule has 0 N–H and O–H groups in total. The van der Waals surface area contributed by atoms with E-state index in [-0.39, 0.29) is 0 Å². The van der Waals surface area contributed by atoms with Gasteiger partial charge in [-0.15, -0.1) is 0 Å². The molecule has 0 heterocycles. The van der Waals surface area contributed by atoms with E-state index in [9.17, 15) is 4.39 Å². The molecule has 0 fully saturated rings. The fourth-order valence-electron chi connectivity index (χ4n) is 1.06. The van der Waals surface area contributed by atoms with Crippen LogP contribution in [0.4, 0.5) is 4.39 Å². The maximum atomic E-state index is 11.9. The molecule has 72 valence electrons. The minimum atomic E-state index is -0.822. The Morgan fingerprint density at radius 1 is 1.38 bits per heavy atom. The lowest BCUT2D eigenvalue weighted by Gasteiger charge is -2.08. The van der Waals surface area contributed by atoms with Crippen molar-refractivity contribution >= 4 is 11.6 Å². The topological polar surface area (TPSA) is 9.23 Å². The van der Waals surface area contributed by atoms with Crippen LogP contribution in [0.25, 0.3) is 0 Å². The lowest BCUT2D eigenvalue weighted by Crippen LogP contribution is -1.93. The Balaban J connectivity index is 2.96. The smallest absolute Gasteiger partial charge is 0.228 e. The Labute approximate surface area is 82.5 Å². The molecule has 0 aliphatic carbocycles. The molecule has 0 atom stereocenters. The molecule has 0 amide bonds. The van der Waals surface area contributed by atoms with Crippen LogP contribution >= 0.6 is 11.6 Å². The van der Waals surface area contributed by atoms with Crippen LogP contribution < -0.4 is 4.74 Å². The number of ether oxygens (including phenoxy) is 1. The zero-order valence-electron chi connectivity index (χ0n) is 7.68. The Kier molecular flexibility index (Phi) is 3.55. The van der Waals surface area contributed by atoms with Gasteiger partial charge in [-0.2, -0.15) is 0 Å². The van der Waals surface area contributed by atoms with Crippen LogP contribution in [0.15, 0.2) is 18.2 Å². The highest BCUT2D eigenvalue weighted by Gasteiger charge is 2.03. The predicted molar refractivity (Wildman–Crippen MR) is 52.1 cm³/mol. The van der Waals surface area contributed by atoms with Gasteiger partial charge in [-0.1, -0.05) is 25.4 Å². The highest BCUT2D eigenvalue weighted by atomic mass is 35.5. The fraction of sp³-hybridized carbons (Fsp3) is 0.400. The fourth-order valence-corrected chi connectivity index (χ4v) is 1.30. The monoisotopic (exact) mass is 202 g/mol. The van der Waals surface area contributed by atoms with E-state index in [1.54, 1.807) is 12.1 Å². The largest absolute Gasteiger partial charge is 0.463 e. The maximum Gasteiger partial charge on any atom is 0.228 e. The highest BCUT2D eigenvalue weighted by Crippen LogP contribution is 2.25. The van der Waals surface area contributed by atoms with Crippen molar-refractivity contribution in [3.63, 3.8) is 0 Å². The molecule has 13 heavy (non-hydrogen) atoms. The van der Waals surface area contributed by atoms with Gasteiger partial charge in [-0.3, -0.25) is 0 Å². The van der Waals surface area contributed by atoms with Crippen molar-refractivity contribution in [3.05, 3.63) is 28.8 Å². The molecule has 1 nitrogen and oxygen atoms in total. The molecular weight excluding hydrogens is 191 g/mol. The van der Waals surface area contributed by atoms with Crippen molar-refractivity contribution in [2.24, 2.45) is 0 Å². The molecule has 0 aliphatic rings. The summed E-state index contributed by atoms with van der Waals surface area (Å²) in [6.45, 7) is 3.27. The Morgan fingerprint density at radius 3 is 2.62 bits per heavy atom. The first-order valence-corrected chi connectivity index (χ1v) is 4.50. The second-order valence-electron chi connectivity index (χ2n) is 3.13. The summed E-state index contributed by atoms with van der Waals surface area (Å²) in [5, 5.41) is 0.578. The van der Waals surface area contributed by atoms with Gasteiger partial charge in [-0.25, -0.2) is 4.39 Å². The Bertz CT molecular complexity index is 286. The normalized spacial score (nSPS) is 10.5. The van der Waals surface area contributed by atoms with Crippen molar-refractivity contribution in [1.29, 1.82) is 0 Å².